The summed E-state index contributed by atoms with van der Waals surface area (Å²) < 4.78 is 10.6. The van der Waals surface area contributed by atoms with Gasteiger partial charge in [0.05, 0.1) is 19.5 Å². The smallest absolute Gasteiger partial charge is 0.237 e. The Balaban J connectivity index is 1.59. The van der Waals surface area contributed by atoms with Gasteiger partial charge in [-0.2, -0.15) is 0 Å². The molecule has 1 atom stereocenters. The van der Waals surface area contributed by atoms with Gasteiger partial charge in [-0.3, -0.25) is 4.79 Å². The van der Waals surface area contributed by atoms with Crippen LogP contribution in [0.1, 0.15) is 18.1 Å². The van der Waals surface area contributed by atoms with Crippen LogP contribution in [0.15, 0.2) is 76.5 Å². The van der Waals surface area contributed by atoms with Gasteiger partial charge in [-0.25, -0.2) is 0 Å². The van der Waals surface area contributed by atoms with Crippen molar-refractivity contribution in [3.63, 3.8) is 0 Å². The average Bonchev–Trinajstić information content (AvgIpc) is 2.79. The van der Waals surface area contributed by atoms with Gasteiger partial charge in [0, 0.05) is 21.2 Å². The van der Waals surface area contributed by atoms with E-state index in [0.717, 1.165) is 21.9 Å². The van der Waals surface area contributed by atoms with E-state index >= 15 is 0 Å². The van der Waals surface area contributed by atoms with Crippen LogP contribution < -0.4 is 14.8 Å². The lowest BCUT2D eigenvalue weighted by atomic mass is 10.1. The number of amides is 1. The highest BCUT2D eigenvalue weighted by Gasteiger charge is 2.17. The van der Waals surface area contributed by atoms with Crippen molar-refractivity contribution in [2.75, 3.05) is 19.5 Å². The van der Waals surface area contributed by atoms with Gasteiger partial charge in [-0.05, 0) is 61.4 Å². The van der Waals surface area contributed by atoms with Crippen LogP contribution in [0.5, 0.6) is 11.5 Å². The topological polar surface area (TPSA) is 47.6 Å². The number of thioether (sulfide) groups is 2. The Bertz CT molecular complexity index is 1020. The molecule has 3 rings (SSSR count). The number of ether oxygens (including phenoxy) is 2. The number of carbonyl (C=O) groups is 1. The van der Waals surface area contributed by atoms with Crippen molar-refractivity contribution >= 4 is 35.1 Å². The largest absolute Gasteiger partial charge is 0.493 e. The molecule has 0 unspecified atom stereocenters. The van der Waals surface area contributed by atoms with Crippen molar-refractivity contribution in [1.82, 2.24) is 0 Å². The summed E-state index contributed by atoms with van der Waals surface area (Å²) in [6.45, 7) is 3.93. The van der Waals surface area contributed by atoms with E-state index in [-0.39, 0.29) is 11.2 Å². The van der Waals surface area contributed by atoms with Gasteiger partial charge in [-0.1, -0.05) is 30.3 Å². The van der Waals surface area contributed by atoms with Gasteiger partial charge in [0.1, 0.15) is 0 Å². The molecule has 0 saturated carbocycles. The molecular formula is C25H27NO3S2. The number of rotatable bonds is 9. The lowest BCUT2D eigenvalue weighted by Crippen LogP contribution is -2.22. The minimum atomic E-state index is -0.259. The van der Waals surface area contributed by atoms with Crippen LogP contribution in [0.4, 0.5) is 5.69 Å². The summed E-state index contributed by atoms with van der Waals surface area (Å²) >= 11 is 3.29. The second-order valence-electron chi connectivity index (χ2n) is 7.02. The minimum absolute atomic E-state index is 0.0331. The van der Waals surface area contributed by atoms with Crippen molar-refractivity contribution < 1.29 is 14.3 Å². The molecule has 0 aliphatic heterocycles. The van der Waals surface area contributed by atoms with Crippen LogP contribution in [0, 0.1) is 6.92 Å². The van der Waals surface area contributed by atoms with Crippen LogP contribution in [0.25, 0.3) is 0 Å². The Labute approximate surface area is 192 Å². The number of methoxy groups -OCH3 is 2. The number of hydrogen-bond donors (Lipinski definition) is 1. The SMILES string of the molecule is COc1ccc(S[C@H](C)C(=O)Nc2ccc(CSc3ccccc3)cc2C)cc1OC. The fourth-order valence-electron chi connectivity index (χ4n) is 3.02. The van der Waals surface area contributed by atoms with Crippen LogP contribution in [0.3, 0.4) is 0 Å². The zero-order valence-electron chi connectivity index (χ0n) is 18.2. The van der Waals surface area contributed by atoms with E-state index in [1.807, 2.05) is 56.3 Å². The molecule has 0 radical (unpaired) electrons. The van der Waals surface area contributed by atoms with Crippen LogP contribution in [0.2, 0.25) is 0 Å². The van der Waals surface area contributed by atoms with Gasteiger partial charge in [0.15, 0.2) is 11.5 Å². The van der Waals surface area contributed by atoms with E-state index in [2.05, 4.69) is 29.6 Å². The molecule has 0 aromatic heterocycles. The van der Waals surface area contributed by atoms with E-state index in [1.54, 1.807) is 26.0 Å². The standard InChI is InChI=1S/C25H27NO3S2/c1-17-14-19(16-30-20-8-6-5-7-9-20)10-12-22(17)26-25(27)18(2)31-21-11-13-23(28-3)24(15-21)29-4/h5-15,18H,16H2,1-4H3,(H,26,27)/t18-/m1/s1. The predicted molar refractivity (Wildman–Crippen MR) is 131 cm³/mol. The first-order chi connectivity index (χ1) is 15.0. The summed E-state index contributed by atoms with van der Waals surface area (Å²) in [6, 6.07) is 22.2. The highest BCUT2D eigenvalue weighted by atomic mass is 32.2. The zero-order chi connectivity index (χ0) is 22.2. The van der Waals surface area contributed by atoms with Crippen molar-refractivity contribution in [3.8, 4) is 11.5 Å². The third kappa shape index (κ3) is 6.45. The van der Waals surface area contributed by atoms with Crippen LogP contribution in [-0.4, -0.2) is 25.4 Å². The number of nitrogens with one attached hydrogen (secondary N) is 1. The molecule has 0 aliphatic rings. The maximum atomic E-state index is 12.8. The van der Waals surface area contributed by atoms with E-state index in [1.165, 1.54) is 22.2 Å². The predicted octanol–water partition coefficient (Wildman–Crippen LogP) is 6.42. The summed E-state index contributed by atoms with van der Waals surface area (Å²) in [4.78, 5) is 14.9. The van der Waals surface area contributed by atoms with Crippen LogP contribution in [-0.2, 0) is 10.5 Å². The number of hydrogen-bond acceptors (Lipinski definition) is 5. The van der Waals surface area contributed by atoms with Crippen molar-refractivity contribution in [1.29, 1.82) is 0 Å². The molecule has 4 nitrogen and oxygen atoms in total. The second-order valence-corrected chi connectivity index (χ2v) is 9.48. The summed E-state index contributed by atoms with van der Waals surface area (Å²) in [5.41, 5.74) is 3.14. The van der Waals surface area contributed by atoms with Crippen molar-refractivity contribution in [3.05, 3.63) is 77.9 Å². The molecule has 3 aromatic rings. The second kappa shape index (κ2) is 11.2. The molecule has 3 aromatic carbocycles. The number of aryl methyl sites for hydroxylation is 1. The molecule has 1 N–H and O–H groups in total. The molecule has 6 heteroatoms. The summed E-state index contributed by atoms with van der Waals surface area (Å²) in [5.74, 6) is 2.18. The first-order valence-electron chi connectivity index (χ1n) is 9.97. The monoisotopic (exact) mass is 453 g/mol. The lowest BCUT2D eigenvalue weighted by molar-refractivity contribution is -0.115. The number of anilines is 1. The lowest BCUT2D eigenvalue weighted by Gasteiger charge is -2.15. The third-order valence-electron chi connectivity index (χ3n) is 4.73. The maximum absolute atomic E-state index is 12.8. The van der Waals surface area contributed by atoms with E-state index in [4.69, 9.17) is 9.47 Å². The van der Waals surface area contributed by atoms with Gasteiger partial charge in [0.25, 0.3) is 0 Å². The van der Waals surface area contributed by atoms with Gasteiger partial charge < -0.3 is 14.8 Å². The highest BCUT2D eigenvalue weighted by Crippen LogP contribution is 2.34. The molecule has 0 spiro atoms. The fourth-order valence-corrected chi connectivity index (χ4v) is 4.78. The Morgan fingerprint density at radius 3 is 2.35 bits per heavy atom. The van der Waals surface area contributed by atoms with Crippen molar-refractivity contribution in [2.24, 2.45) is 0 Å². The van der Waals surface area contributed by atoms with Gasteiger partial charge >= 0.3 is 0 Å². The Kier molecular flexibility index (Phi) is 8.32. The van der Waals surface area contributed by atoms with Gasteiger partial charge in [-0.15, -0.1) is 23.5 Å². The molecule has 162 valence electrons. The average molecular weight is 454 g/mol. The molecule has 0 bridgehead atoms. The Morgan fingerprint density at radius 1 is 0.935 bits per heavy atom. The number of benzene rings is 3. The Morgan fingerprint density at radius 2 is 1.68 bits per heavy atom. The summed E-state index contributed by atoms with van der Waals surface area (Å²) in [7, 11) is 3.21. The molecule has 0 aliphatic carbocycles. The Hall–Kier alpha value is -2.57. The molecule has 0 saturated heterocycles. The first-order valence-corrected chi connectivity index (χ1v) is 11.8. The molecule has 31 heavy (non-hydrogen) atoms. The van der Waals surface area contributed by atoms with E-state index < -0.39 is 0 Å². The minimum Gasteiger partial charge on any atom is -0.493 e. The molecular weight excluding hydrogens is 426 g/mol. The molecule has 0 fully saturated rings. The van der Waals surface area contributed by atoms with E-state index in [0.29, 0.717) is 11.5 Å². The quantitative estimate of drug-likeness (QED) is 0.379. The van der Waals surface area contributed by atoms with E-state index in [9.17, 15) is 4.79 Å². The normalized spacial score (nSPS) is 11.6. The summed E-state index contributed by atoms with van der Waals surface area (Å²) in [6.07, 6.45) is 0. The zero-order valence-corrected chi connectivity index (χ0v) is 19.8. The molecule has 0 heterocycles. The van der Waals surface area contributed by atoms with Gasteiger partial charge in [0.2, 0.25) is 5.91 Å². The number of carbonyl (C=O) groups excluding carboxylic acids is 1. The summed E-state index contributed by atoms with van der Waals surface area (Å²) in [5, 5.41) is 2.80. The first kappa shape index (κ1) is 23.1. The maximum Gasteiger partial charge on any atom is 0.237 e. The fraction of sp³-hybridized carbons (Fsp3) is 0.240. The highest BCUT2D eigenvalue weighted by molar-refractivity contribution is 8.00. The third-order valence-corrected chi connectivity index (χ3v) is 6.91. The van der Waals surface area contributed by atoms with Crippen LogP contribution >= 0.6 is 23.5 Å². The molecule has 1 amide bonds. The van der Waals surface area contributed by atoms with Crippen molar-refractivity contribution in [2.45, 2.75) is 34.6 Å².